The minimum absolute atomic E-state index is 0.151. The molecule has 124 valence electrons. The van der Waals surface area contributed by atoms with Crippen molar-refractivity contribution in [1.82, 2.24) is 20.3 Å². The maximum Gasteiger partial charge on any atom is 0.251 e. The fraction of sp³-hybridized carbons (Fsp3) is 0.278. The van der Waals surface area contributed by atoms with Crippen molar-refractivity contribution >= 4 is 5.91 Å². The molecule has 24 heavy (non-hydrogen) atoms. The molecule has 0 aliphatic rings. The summed E-state index contributed by atoms with van der Waals surface area (Å²) in [6.07, 6.45) is 3.57. The van der Waals surface area contributed by atoms with E-state index in [0.717, 1.165) is 16.8 Å². The molecule has 1 amide bonds. The van der Waals surface area contributed by atoms with Crippen LogP contribution in [0.2, 0.25) is 0 Å². The normalized spacial score (nSPS) is 11.0. The molecule has 2 aromatic heterocycles. The number of aryl methyl sites for hydroxylation is 1. The van der Waals surface area contributed by atoms with Gasteiger partial charge in [-0.3, -0.25) is 9.48 Å². The van der Waals surface area contributed by atoms with Crippen LogP contribution in [0.15, 0.2) is 47.2 Å². The van der Waals surface area contributed by atoms with E-state index in [-0.39, 0.29) is 5.91 Å². The summed E-state index contributed by atoms with van der Waals surface area (Å²) in [5.74, 6) is 0.468. The summed E-state index contributed by atoms with van der Waals surface area (Å²) < 4.78 is 6.91. The Morgan fingerprint density at radius 2 is 2.17 bits per heavy atom. The Bertz CT molecular complexity index is 835. The van der Waals surface area contributed by atoms with Crippen LogP contribution in [0.5, 0.6) is 0 Å². The molecular formula is C18H20N4O2. The molecular weight excluding hydrogens is 304 g/mol. The number of rotatable bonds is 5. The lowest BCUT2D eigenvalue weighted by Gasteiger charge is -2.06. The molecule has 0 bridgehead atoms. The standard InChI is InChI=1S/C18H20N4O2/c1-12(2)22-11-17(13(3)21-22)14-5-4-6-15(9-14)18(23)19-10-16-7-8-20-24-16/h4-9,11-12H,10H2,1-3H3,(H,19,23). The zero-order valence-electron chi connectivity index (χ0n) is 14.0. The Labute approximate surface area is 140 Å². The molecule has 0 aliphatic heterocycles. The maximum atomic E-state index is 12.3. The van der Waals surface area contributed by atoms with Crippen LogP contribution in [0.4, 0.5) is 0 Å². The first kappa shape index (κ1) is 16.0. The smallest absolute Gasteiger partial charge is 0.251 e. The molecule has 0 atom stereocenters. The molecule has 6 heteroatoms. The third-order valence-electron chi connectivity index (χ3n) is 3.80. The number of hydrogen-bond acceptors (Lipinski definition) is 4. The Hall–Kier alpha value is -2.89. The van der Waals surface area contributed by atoms with Gasteiger partial charge in [0.25, 0.3) is 5.91 Å². The number of nitrogens with one attached hydrogen (secondary N) is 1. The van der Waals surface area contributed by atoms with Crippen LogP contribution in [-0.4, -0.2) is 20.8 Å². The van der Waals surface area contributed by atoms with Crippen LogP contribution in [0.3, 0.4) is 0 Å². The number of benzene rings is 1. The molecule has 6 nitrogen and oxygen atoms in total. The van der Waals surface area contributed by atoms with Gasteiger partial charge in [-0.25, -0.2) is 0 Å². The molecule has 0 radical (unpaired) electrons. The van der Waals surface area contributed by atoms with Crippen molar-refractivity contribution in [2.24, 2.45) is 0 Å². The SMILES string of the molecule is Cc1nn(C(C)C)cc1-c1cccc(C(=O)NCc2ccno2)c1. The van der Waals surface area contributed by atoms with Crippen molar-refractivity contribution in [2.45, 2.75) is 33.4 Å². The number of carbonyl (C=O) groups is 1. The first-order valence-corrected chi connectivity index (χ1v) is 7.88. The first-order chi connectivity index (χ1) is 11.5. The number of amides is 1. The number of carbonyl (C=O) groups excluding carboxylic acids is 1. The molecule has 3 aromatic rings. The van der Waals surface area contributed by atoms with Gasteiger partial charge >= 0.3 is 0 Å². The van der Waals surface area contributed by atoms with Gasteiger partial charge in [0.15, 0.2) is 5.76 Å². The second-order valence-corrected chi connectivity index (χ2v) is 5.94. The van der Waals surface area contributed by atoms with Gasteiger partial charge in [0, 0.05) is 29.4 Å². The zero-order valence-corrected chi connectivity index (χ0v) is 14.0. The molecule has 0 fully saturated rings. The monoisotopic (exact) mass is 324 g/mol. The van der Waals surface area contributed by atoms with Crippen molar-refractivity contribution in [3.8, 4) is 11.1 Å². The van der Waals surface area contributed by atoms with Crippen molar-refractivity contribution < 1.29 is 9.32 Å². The highest BCUT2D eigenvalue weighted by molar-refractivity contribution is 5.95. The highest BCUT2D eigenvalue weighted by Crippen LogP contribution is 2.24. The average Bonchev–Trinajstić information content (AvgIpc) is 3.22. The average molecular weight is 324 g/mol. The summed E-state index contributed by atoms with van der Waals surface area (Å²) in [6, 6.07) is 9.56. The molecule has 3 rings (SSSR count). The van der Waals surface area contributed by atoms with Crippen molar-refractivity contribution in [3.63, 3.8) is 0 Å². The van der Waals surface area contributed by atoms with E-state index in [9.17, 15) is 4.79 Å². The largest absolute Gasteiger partial charge is 0.360 e. The van der Waals surface area contributed by atoms with E-state index in [4.69, 9.17) is 4.52 Å². The van der Waals surface area contributed by atoms with Crippen LogP contribution in [0, 0.1) is 6.92 Å². The fourth-order valence-corrected chi connectivity index (χ4v) is 2.46. The van der Waals surface area contributed by atoms with E-state index in [2.05, 4.69) is 29.4 Å². The molecule has 0 saturated carbocycles. The fourth-order valence-electron chi connectivity index (χ4n) is 2.46. The molecule has 0 saturated heterocycles. The van der Waals surface area contributed by atoms with Gasteiger partial charge in [0.2, 0.25) is 0 Å². The molecule has 0 unspecified atom stereocenters. The molecule has 1 aromatic carbocycles. The van der Waals surface area contributed by atoms with Gasteiger partial charge in [-0.2, -0.15) is 5.10 Å². The van der Waals surface area contributed by atoms with Crippen LogP contribution in [0.1, 0.15) is 41.7 Å². The minimum Gasteiger partial charge on any atom is -0.360 e. The van der Waals surface area contributed by atoms with E-state index in [0.29, 0.717) is 23.9 Å². The summed E-state index contributed by atoms with van der Waals surface area (Å²) >= 11 is 0. The van der Waals surface area contributed by atoms with Crippen LogP contribution < -0.4 is 5.32 Å². The molecule has 0 spiro atoms. The Morgan fingerprint density at radius 3 is 2.83 bits per heavy atom. The Balaban J connectivity index is 1.80. The van der Waals surface area contributed by atoms with Crippen LogP contribution in [0.25, 0.3) is 11.1 Å². The summed E-state index contributed by atoms with van der Waals surface area (Å²) in [4.78, 5) is 12.3. The third-order valence-corrected chi connectivity index (χ3v) is 3.80. The number of aromatic nitrogens is 3. The van der Waals surface area contributed by atoms with E-state index >= 15 is 0 Å². The second kappa shape index (κ2) is 6.70. The van der Waals surface area contributed by atoms with Gasteiger partial charge in [-0.05, 0) is 38.5 Å². The number of hydrogen-bond donors (Lipinski definition) is 1. The van der Waals surface area contributed by atoms with E-state index in [1.165, 1.54) is 0 Å². The van der Waals surface area contributed by atoms with E-state index in [1.54, 1.807) is 18.3 Å². The molecule has 0 aliphatic carbocycles. The summed E-state index contributed by atoms with van der Waals surface area (Å²) in [5, 5.41) is 11.0. The Morgan fingerprint density at radius 1 is 1.33 bits per heavy atom. The summed E-state index contributed by atoms with van der Waals surface area (Å²) in [6.45, 7) is 6.46. The van der Waals surface area contributed by atoms with Gasteiger partial charge in [-0.1, -0.05) is 17.3 Å². The van der Waals surface area contributed by atoms with Gasteiger partial charge < -0.3 is 9.84 Å². The lowest BCUT2D eigenvalue weighted by molar-refractivity contribution is 0.0947. The minimum atomic E-state index is -0.151. The highest BCUT2D eigenvalue weighted by Gasteiger charge is 2.12. The predicted molar refractivity (Wildman–Crippen MR) is 90.5 cm³/mol. The topological polar surface area (TPSA) is 73.0 Å². The van der Waals surface area contributed by atoms with Gasteiger partial charge in [-0.15, -0.1) is 0 Å². The third kappa shape index (κ3) is 3.37. The summed E-state index contributed by atoms with van der Waals surface area (Å²) in [5.41, 5.74) is 3.56. The first-order valence-electron chi connectivity index (χ1n) is 7.88. The highest BCUT2D eigenvalue weighted by atomic mass is 16.5. The van der Waals surface area contributed by atoms with E-state index in [1.807, 2.05) is 36.0 Å². The van der Waals surface area contributed by atoms with E-state index < -0.39 is 0 Å². The van der Waals surface area contributed by atoms with Gasteiger partial charge in [0.1, 0.15) is 0 Å². The zero-order chi connectivity index (χ0) is 17.1. The predicted octanol–water partition coefficient (Wildman–Crippen LogP) is 3.36. The van der Waals surface area contributed by atoms with Gasteiger partial charge in [0.05, 0.1) is 18.4 Å². The lowest BCUT2D eigenvalue weighted by Crippen LogP contribution is -2.22. The van der Waals surface area contributed by atoms with Crippen LogP contribution >= 0.6 is 0 Å². The maximum absolute atomic E-state index is 12.3. The molecule has 2 heterocycles. The second-order valence-electron chi connectivity index (χ2n) is 5.94. The summed E-state index contributed by atoms with van der Waals surface area (Å²) in [7, 11) is 0. The van der Waals surface area contributed by atoms with Crippen molar-refractivity contribution in [1.29, 1.82) is 0 Å². The lowest BCUT2D eigenvalue weighted by atomic mass is 10.0. The Kier molecular flexibility index (Phi) is 4.46. The molecule has 1 N–H and O–H groups in total. The van der Waals surface area contributed by atoms with Crippen molar-refractivity contribution in [3.05, 3.63) is 59.7 Å². The van der Waals surface area contributed by atoms with Crippen molar-refractivity contribution in [2.75, 3.05) is 0 Å². The quantitative estimate of drug-likeness (QED) is 0.781. The van der Waals surface area contributed by atoms with Crippen LogP contribution in [-0.2, 0) is 6.54 Å². The number of nitrogens with zero attached hydrogens (tertiary/aromatic N) is 3.